The van der Waals surface area contributed by atoms with E-state index in [4.69, 9.17) is 21.8 Å². The largest absolute Gasteiger partial charge is 0.479 e. The molecule has 13 heavy (non-hydrogen) atoms. The van der Waals surface area contributed by atoms with Gasteiger partial charge in [0.25, 0.3) is 0 Å². The van der Waals surface area contributed by atoms with Crippen LogP contribution in [0.3, 0.4) is 0 Å². The first-order valence-electron chi connectivity index (χ1n) is 3.36. The maximum Gasteiger partial charge on any atom is 0.335 e. The normalized spacial score (nSPS) is 15.3. The Kier molecular flexibility index (Phi) is 3.27. The van der Waals surface area contributed by atoms with E-state index in [0.717, 1.165) is 11.3 Å². The minimum Gasteiger partial charge on any atom is -0.479 e. The standard InChI is InChI=1S/C7H7ClO4S/c8-4-2-1-3(13-4)5(9)6(10)7(11)12/h1-2,5-6,9-10H,(H,11,12). The molecule has 0 saturated carbocycles. The molecule has 0 saturated heterocycles. The molecular weight excluding hydrogens is 216 g/mol. The zero-order valence-electron chi connectivity index (χ0n) is 6.35. The molecule has 1 aromatic rings. The Bertz CT molecular complexity index is 311. The van der Waals surface area contributed by atoms with Crippen LogP contribution in [0.5, 0.6) is 0 Å². The lowest BCUT2D eigenvalue weighted by atomic mass is 10.2. The van der Waals surface area contributed by atoms with Crippen molar-refractivity contribution in [1.82, 2.24) is 0 Å². The zero-order chi connectivity index (χ0) is 10.0. The van der Waals surface area contributed by atoms with E-state index in [1.807, 2.05) is 0 Å². The van der Waals surface area contributed by atoms with Crippen molar-refractivity contribution in [3.05, 3.63) is 21.3 Å². The van der Waals surface area contributed by atoms with Gasteiger partial charge in [-0.3, -0.25) is 0 Å². The number of carboxylic acid groups (broad SMARTS) is 1. The van der Waals surface area contributed by atoms with Gasteiger partial charge in [0.1, 0.15) is 6.10 Å². The van der Waals surface area contributed by atoms with Gasteiger partial charge in [-0.05, 0) is 12.1 Å². The first-order valence-corrected chi connectivity index (χ1v) is 4.56. The van der Waals surface area contributed by atoms with Crippen molar-refractivity contribution in [2.24, 2.45) is 0 Å². The molecule has 0 fully saturated rings. The van der Waals surface area contributed by atoms with E-state index in [1.54, 1.807) is 0 Å². The summed E-state index contributed by atoms with van der Waals surface area (Å²) in [6, 6.07) is 3.00. The number of carbonyl (C=O) groups is 1. The number of aliphatic carboxylic acids is 1. The highest BCUT2D eigenvalue weighted by Gasteiger charge is 2.26. The summed E-state index contributed by atoms with van der Waals surface area (Å²) in [6.45, 7) is 0. The molecule has 72 valence electrons. The van der Waals surface area contributed by atoms with Gasteiger partial charge in [0.15, 0.2) is 6.10 Å². The third-order valence-electron chi connectivity index (χ3n) is 1.44. The summed E-state index contributed by atoms with van der Waals surface area (Å²) in [4.78, 5) is 10.6. The summed E-state index contributed by atoms with van der Waals surface area (Å²) in [6.07, 6.45) is -3.23. The molecule has 0 bridgehead atoms. The molecule has 0 radical (unpaired) electrons. The van der Waals surface area contributed by atoms with Crippen LogP contribution in [0, 0.1) is 0 Å². The Hall–Kier alpha value is -0.620. The summed E-state index contributed by atoms with van der Waals surface area (Å²) in [5.74, 6) is -1.46. The van der Waals surface area contributed by atoms with Crippen molar-refractivity contribution in [3.63, 3.8) is 0 Å². The number of halogens is 1. The fourth-order valence-corrected chi connectivity index (χ4v) is 1.86. The quantitative estimate of drug-likeness (QED) is 0.710. The molecule has 0 spiro atoms. The van der Waals surface area contributed by atoms with E-state index >= 15 is 0 Å². The van der Waals surface area contributed by atoms with E-state index in [-0.39, 0.29) is 0 Å². The fraction of sp³-hybridized carbons (Fsp3) is 0.286. The zero-order valence-corrected chi connectivity index (χ0v) is 7.92. The first kappa shape index (κ1) is 10.5. The highest BCUT2D eigenvalue weighted by atomic mass is 35.5. The summed E-state index contributed by atoms with van der Waals surface area (Å²) in [5.41, 5.74) is 0. The Morgan fingerprint density at radius 1 is 1.46 bits per heavy atom. The van der Waals surface area contributed by atoms with Crippen LogP contribution in [0.1, 0.15) is 11.0 Å². The molecule has 0 amide bonds. The van der Waals surface area contributed by atoms with Gasteiger partial charge in [-0.25, -0.2) is 4.79 Å². The van der Waals surface area contributed by atoms with Gasteiger partial charge >= 0.3 is 5.97 Å². The van der Waals surface area contributed by atoms with E-state index < -0.39 is 18.2 Å². The molecule has 1 heterocycles. The van der Waals surface area contributed by atoms with Crippen LogP contribution in [-0.2, 0) is 4.79 Å². The number of aliphatic hydroxyl groups is 2. The summed E-state index contributed by atoms with van der Waals surface area (Å²) < 4.78 is 0.437. The first-order chi connectivity index (χ1) is 6.02. The van der Waals surface area contributed by atoms with Crippen LogP contribution in [0.25, 0.3) is 0 Å². The second kappa shape index (κ2) is 4.06. The van der Waals surface area contributed by atoms with Crippen LogP contribution in [0.4, 0.5) is 0 Å². The Morgan fingerprint density at radius 2 is 2.08 bits per heavy atom. The molecule has 2 unspecified atom stereocenters. The number of hydrogen-bond donors (Lipinski definition) is 3. The Balaban J connectivity index is 2.78. The minimum atomic E-state index is -1.81. The van der Waals surface area contributed by atoms with E-state index in [0.29, 0.717) is 9.21 Å². The number of hydrogen-bond acceptors (Lipinski definition) is 4. The SMILES string of the molecule is O=C(O)C(O)C(O)c1ccc(Cl)s1. The van der Waals surface area contributed by atoms with Crippen LogP contribution >= 0.6 is 22.9 Å². The van der Waals surface area contributed by atoms with Gasteiger partial charge in [-0.15, -0.1) is 11.3 Å². The predicted molar refractivity (Wildman–Crippen MR) is 47.9 cm³/mol. The van der Waals surface area contributed by atoms with Gasteiger partial charge in [-0.1, -0.05) is 11.6 Å². The number of carboxylic acids is 1. The van der Waals surface area contributed by atoms with E-state index in [2.05, 4.69) is 0 Å². The third kappa shape index (κ3) is 2.41. The maximum atomic E-state index is 10.3. The molecule has 0 aliphatic rings. The van der Waals surface area contributed by atoms with Gasteiger partial charge in [0.2, 0.25) is 0 Å². The van der Waals surface area contributed by atoms with E-state index in [1.165, 1.54) is 12.1 Å². The molecule has 0 aromatic carbocycles. The van der Waals surface area contributed by atoms with Crippen molar-refractivity contribution in [3.8, 4) is 0 Å². The average molecular weight is 223 g/mol. The van der Waals surface area contributed by atoms with Crippen LogP contribution in [0.2, 0.25) is 4.34 Å². The van der Waals surface area contributed by atoms with Crippen LogP contribution in [-0.4, -0.2) is 27.4 Å². The topological polar surface area (TPSA) is 77.8 Å². The van der Waals surface area contributed by atoms with Gasteiger partial charge in [0, 0.05) is 4.88 Å². The molecule has 4 nitrogen and oxygen atoms in total. The summed E-state index contributed by atoms with van der Waals surface area (Å²) >= 11 is 6.60. The summed E-state index contributed by atoms with van der Waals surface area (Å²) in [5, 5.41) is 26.6. The lowest BCUT2D eigenvalue weighted by Gasteiger charge is -2.11. The summed E-state index contributed by atoms with van der Waals surface area (Å²) in [7, 11) is 0. The van der Waals surface area contributed by atoms with Gasteiger partial charge < -0.3 is 15.3 Å². The Morgan fingerprint density at radius 3 is 2.46 bits per heavy atom. The lowest BCUT2D eigenvalue weighted by molar-refractivity contribution is -0.152. The van der Waals surface area contributed by atoms with E-state index in [9.17, 15) is 9.90 Å². The Labute approximate surface area is 83.0 Å². The molecule has 1 rings (SSSR count). The molecule has 2 atom stereocenters. The fourth-order valence-electron chi connectivity index (χ4n) is 0.778. The predicted octanol–water partition coefficient (Wildman–Crippen LogP) is 0.880. The van der Waals surface area contributed by atoms with Crippen molar-refractivity contribution in [2.45, 2.75) is 12.2 Å². The monoisotopic (exact) mass is 222 g/mol. The lowest BCUT2D eigenvalue weighted by Crippen LogP contribution is -2.26. The number of rotatable bonds is 3. The maximum absolute atomic E-state index is 10.3. The minimum absolute atomic E-state index is 0.333. The highest BCUT2D eigenvalue weighted by Crippen LogP contribution is 2.28. The molecule has 1 aromatic heterocycles. The highest BCUT2D eigenvalue weighted by molar-refractivity contribution is 7.16. The van der Waals surface area contributed by atoms with Gasteiger partial charge in [-0.2, -0.15) is 0 Å². The second-order valence-electron chi connectivity index (χ2n) is 2.37. The molecule has 6 heteroatoms. The smallest absolute Gasteiger partial charge is 0.335 e. The van der Waals surface area contributed by atoms with Crippen molar-refractivity contribution in [2.75, 3.05) is 0 Å². The second-order valence-corrected chi connectivity index (χ2v) is 4.12. The van der Waals surface area contributed by atoms with Gasteiger partial charge in [0.05, 0.1) is 4.34 Å². The van der Waals surface area contributed by atoms with Crippen molar-refractivity contribution >= 4 is 28.9 Å². The van der Waals surface area contributed by atoms with Crippen LogP contribution in [0.15, 0.2) is 12.1 Å². The average Bonchev–Trinajstić information content (AvgIpc) is 2.49. The molecule has 0 aliphatic carbocycles. The van der Waals surface area contributed by atoms with Crippen LogP contribution < -0.4 is 0 Å². The van der Waals surface area contributed by atoms with Crippen molar-refractivity contribution < 1.29 is 20.1 Å². The molecular formula is C7H7ClO4S. The van der Waals surface area contributed by atoms with Crippen molar-refractivity contribution in [1.29, 1.82) is 0 Å². The molecule has 0 aliphatic heterocycles. The third-order valence-corrected chi connectivity index (χ3v) is 2.74. The number of aliphatic hydroxyl groups excluding tert-OH is 2. The molecule has 3 N–H and O–H groups in total. The number of thiophene rings is 1.